The average Bonchev–Trinajstić information content (AvgIpc) is 2.61. The molecule has 1 aliphatic carbocycles. The molecule has 0 unspecified atom stereocenters. The minimum absolute atomic E-state index is 0.0534. The molecule has 15 heavy (non-hydrogen) atoms. The maximum absolute atomic E-state index is 10.7. The number of aryl methyl sites for hydroxylation is 1. The third-order valence-electron chi connectivity index (χ3n) is 3.37. The number of aliphatic carboxylic acids is 1. The average molecular weight is 208 g/mol. The van der Waals surface area contributed by atoms with Crippen LogP contribution in [0.15, 0.2) is 18.5 Å². The van der Waals surface area contributed by atoms with Crippen molar-refractivity contribution in [1.82, 2.24) is 9.78 Å². The standard InChI is InChI=1S/C11H16N2O2/c14-10(15)9-11(3-1-4-11)5-8-13-7-2-6-12-13/h2,6-7H,1,3-5,8-9H2,(H,14,15). The van der Waals surface area contributed by atoms with Gasteiger partial charge >= 0.3 is 5.97 Å². The summed E-state index contributed by atoms with van der Waals surface area (Å²) in [5.74, 6) is -0.671. The molecule has 1 aliphatic rings. The van der Waals surface area contributed by atoms with Crippen molar-refractivity contribution in [3.63, 3.8) is 0 Å². The minimum atomic E-state index is -0.671. The molecule has 0 atom stereocenters. The summed E-state index contributed by atoms with van der Waals surface area (Å²) >= 11 is 0. The van der Waals surface area contributed by atoms with Gasteiger partial charge in [0.05, 0.1) is 6.42 Å². The quantitative estimate of drug-likeness (QED) is 0.804. The highest BCUT2D eigenvalue weighted by Gasteiger charge is 2.38. The summed E-state index contributed by atoms with van der Waals surface area (Å²) in [6.45, 7) is 0.834. The molecule has 4 nitrogen and oxygen atoms in total. The number of carbonyl (C=O) groups is 1. The van der Waals surface area contributed by atoms with Crippen LogP contribution in [0.4, 0.5) is 0 Å². The van der Waals surface area contributed by atoms with Crippen LogP contribution < -0.4 is 0 Å². The van der Waals surface area contributed by atoms with Crippen molar-refractivity contribution in [2.75, 3.05) is 0 Å². The Kier molecular flexibility index (Phi) is 2.75. The molecule has 1 aromatic heterocycles. The second kappa shape index (κ2) is 4.04. The van der Waals surface area contributed by atoms with E-state index in [1.807, 2.05) is 16.9 Å². The third kappa shape index (κ3) is 2.37. The van der Waals surface area contributed by atoms with Gasteiger partial charge in [0.1, 0.15) is 0 Å². The molecule has 2 rings (SSSR count). The molecule has 1 heterocycles. The van der Waals surface area contributed by atoms with Crippen LogP contribution in [0, 0.1) is 5.41 Å². The Balaban J connectivity index is 1.88. The Labute approximate surface area is 88.9 Å². The van der Waals surface area contributed by atoms with E-state index in [4.69, 9.17) is 5.11 Å². The first-order valence-electron chi connectivity index (χ1n) is 5.39. The molecule has 1 fully saturated rings. The van der Waals surface area contributed by atoms with Gasteiger partial charge in [-0.2, -0.15) is 5.10 Å². The van der Waals surface area contributed by atoms with E-state index >= 15 is 0 Å². The van der Waals surface area contributed by atoms with Gasteiger partial charge in [-0.05, 0) is 30.7 Å². The largest absolute Gasteiger partial charge is 0.481 e. The normalized spacial score (nSPS) is 18.4. The monoisotopic (exact) mass is 208 g/mol. The highest BCUT2D eigenvalue weighted by atomic mass is 16.4. The number of carboxylic acids is 1. The number of hydrogen-bond acceptors (Lipinski definition) is 2. The molecule has 0 saturated heterocycles. The van der Waals surface area contributed by atoms with Gasteiger partial charge in [-0.3, -0.25) is 9.48 Å². The maximum atomic E-state index is 10.7. The van der Waals surface area contributed by atoms with Crippen LogP contribution in [0.1, 0.15) is 32.1 Å². The summed E-state index contributed by atoms with van der Waals surface area (Å²) in [7, 11) is 0. The van der Waals surface area contributed by atoms with Crippen LogP contribution in [-0.2, 0) is 11.3 Å². The number of carboxylic acid groups (broad SMARTS) is 1. The van der Waals surface area contributed by atoms with E-state index in [1.54, 1.807) is 6.20 Å². The molecular weight excluding hydrogens is 192 g/mol. The lowest BCUT2D eigenvalue weighted by atomic mass is 9.64. The van der Waals surface area contributed by atoms with Gasteiger partial charge in [0.15, 0.2) is 0 Å². The summed E-state index contributed by atoms with van der Waals surface area (Å²) in [4.78, 5) is 10.7. The van der Waals surface area contributed by atoms with Gasteiger partial charge in [-0.25, -0.2) is 0 Å². The van der Waals surface area contributed by atoms with E-state index in [0.717, 1.165) is 25.8 Å². The highest BCUT2D eigenvalue weighted by molar-refractivity contribution is 5.67. The molecule has 1 N–H and O–H groups in total. The third-order valence-corrected chi connectivity index (χ3v) is 3.37. The predicted octanol–water partition coefficient (Wildman–Crippen LogP) is 1.92. The zero-order valence-electron chi connectivity index (χ0n) is 8.72. The van der Waals surface area contributed by atoms with E-state index in [1.165, 1.54) is 6.42 Å². The molecule has 0 spiro atoms. The fourth-order valence-corrected chi connectivity index (χ4v) is 2.30. The number of nitrogens with zero attached hydrogens (tertiary/aromatic N) is 2. The first-order valence-corrected chi connectivity index (χ1v) is 5.39. The van der Waals surface area contributed by atoms with E-state index in [2.05, 4.69) is 5.10 Å². The lowest BCUT2D eigenvalue weighted by Gasteiger charge is -2.40. The van der Waals surface area contributed by atoms with Crippen LogP contribution >= 0.6 is 0 Å². The van der Waals surface area contributed by atoms with Crippen molar-refractivity contribution in [2.45, 2.75) is 38.6 Å². The lowest BCUT2D eigenvalue weighted by molar-refractivity contribution is -0.141. The van der Waals surface area contributed by atoms with Crippen molar-refractivity contribution < 1.29 is 9.90 Å². The Hall–Kier alpha value is -1.32. The maximum Gasteiger partial charge on any atom is 0.303 e. The molecule has 4 heteroatoms. The molecule has 0 bridgehead atoms. The molecule has 1 aromatic rings. The molecule has 82 valence electrons. The topological polar surface area (TPSA) is 55.1 Å². The molecule has 0 radical (unpaired) electrons. The Morgan fingerprint density at radius 3 is 2.80 bits per heavy atom. The van der Waals surface area contributed by atoms with Gasteiger partial charge < -0.3 is 5.11 Å². The Morgan fingerprint density at radius 2 is 2.33 bits per heavy atom. The minimum Gasteiger partial charge on any atom is -0.481 e. The van der Waals surface area contributed by atoms with Crippen LogP contribution in [0.25, 0.3) is 0 Å². The van der Waals surface area contributed by atoms with Crippen molar-refractivity contribution in [2.24, 2.45) is 5.41 Å². The van der Waals surface area contributed by atoms with Crippen LogP contribution in [0.2, 0.25) is 0 Å². The SMILES string of the molecule is O=C(O)CC1(CCn2cccn2)CCC1. The fourth-order valence-electron chi connectivity index (χ4n) is 2.30. The van der Waals surface area contributed by atoms with E-state index in [0.29, 0.717) is 6.42 Å². The van der Waals surface area contributed by atoms with Crippen molar-refractivity contribution in [3.8, 4) is 0 Å². The van der Waals surface area contributed by atoms with Crippen molar-refractivity contribution >= 4 is 5.97 Å². The van der Waals surface area contributed by atoms with Crippen molar-refractivity contribution in [3.05, 3.63) is 18.5 Å². The fraction of sp³-hybridized carbons (Fsp3) is 0.636. The number of aromatic nitrogens is 2. The summed E-state index contributed by atoms with van der Waals surface area (Å²) in [5, 5.41) is 13.0. The summed E-state index contributed by atoms with van der Waals surface area (Å²) in [6, 6.07) is 1.89. The summed E-state index contributed by atoms with van der Waals surface area (Å²) < 4.78 is 1.88. The second-order valence-electron chi connectivity index (χ2n) is 4.44. The van der Waals surface area contributed by atoms with Gasteiger partial charge in [-0.15, -0.1) is 0 Å². The molecule has 0 aromatic carbocycles. The van der Waals surface area contributed by atoms with Crippen molar-refractivity contribution in [1.29, 1.82) is 0 Å². The Bertz CT molecular complexity index is 328. The number of hydrogen-bond donors (Lipinski definition) is 1. The zero-order valence-corrected chi connectivity index (χ0v) is 8.72. The van der Waals surface area contributed by atoms with Crippen LogP contribution in [0.3, 0.4) is 0 Å². The summed E-state index contributed by atoms with van der Waals surface area (Å²) in [5.41, 5.74) is 0.0534. The highest BCUT2D eigenvalue weighted by Crippen LogP contribution is 2.47. The van der Waals surface area contributed by atoms with Crippen LogP contribution in [0.5, 0.6) is 0 Å². The van der Waals surface area contributed by atoms with E-state index in [9.17, 15) is 4.79 Å². The molecule has 0 amide bonds. The van der Waals surface area contributed by atoms with E-state index in [-0.39, 0.29) is 5.41 Å². The summed E-state index contributed by atoms with van der Waals surface area (Å²) in [6.07, 6.45) is 8.21. The van der Waals surface area contributed by atoms with Gasteiger partial charge in [-0.1, -0.05) is 6.42 Å². The first-order chi connectivity index (χ1) is 7.20. The number of rotatable bonds is 5. The Morgan fingerprint density at radius 1 is 1.53 bits per heavy atom. The van der Waals surface area contributed by atoms with Gasteiger partial charge in [0.25, 0.3) is 0 Å². The zero-order chi connectivity index (χ0) is 10.7. The second-order valence-corrected chi connectivity index (χ2v) is 4.44. The van der Waals surface area contributed by atoms with Gasteiger partial charge in [0.2, 0.25) is 0 Å². The molecule has 1 saturated carbocycles. The molecular formula is C11H16N2O2. The predicted molar refractivity (Wildman–Crippen MR) is 55.4 cm³/mol. The molecule has 0 aliphatic heterocycles. The first kappa shape index (κ1) is 10.2. The van der Waals surface area contributed by atoms with Gasteiger partial charge in [0, 0.05) is 18.9 Å². The van der Waals surface area contributed by atoms with Crippen LogP contribution in [-0.4, -0.2) is 20.9 Å². The van der Waals surface area contributed by atoms with E-state index < -0.39 is 5.97 Å². The smallest absolute Gasteiger partial charge is 0.303 e. The lowest BCUT2D eigenvalue weighted by Crippen LogP contribution is -2.33.